The number of sulfone groups is 1. The van der Waals surface area contributed by atoms with Gasteiger partial charge in [0.15, 0.2) is 15.6 Å². The van der Waals surface area contributed by atoms with Crippen LogP contribution in [0, 0.1) is 5.41 Å². The number of hydrogen-bond donors (Lipinski definition) is 0. The average Bonchev–Trinajstić information content (AvgIpc) is 2.42. The van der Waals surface area contributed by atoms with Crippen LogP contribution in [-0.4, -0.2) is 39.6 Å². The summed E-state index contributed by atoms with van der Waals surface area (Å²) in [7, 11) is -2.33. The monoisotopic (exact) mass is 326 g/mol. The van der Waals surface area contributed by atoms with Gasteiger partial charge in [0.1, 0.15) is 11.3 Å². The van der Waals surface area contributed by atoms with Crippen LogP contribution in [0.4, 0.5) is 0 Å². The van der Waals surface area contributed by atoms with E-state index in [4.69, 9.17) is 9.47 Å². The quantitative estimate of drug-likeness (QED) is 0.788. The summed E-state index contributed by atoms with van der Waals surface area (Å²) >= 11 is 0. The number of methoxy groups -OCH3 is 1. The summed E-state index contributed by atoms with van der Waals surface area (Å²) in [6.45, 7) is 4.94. The smallest absolute Gasteiger partial charge is 0.341 e. The molecule has 0 N–H and O–H groups in total. The molecular weight excluding hydrogens is 308 g/mol. The highest BCUT2D eigenvalue weighted by Crippen LogP contribution is 2.41. The second-order valence-electron chi connectivity index (χ2n) is 5.71. The molecule has 0 spiro atoms. The van der Waals surface area contributed by atoms with Crippen LogP contribution in [0.1, 0.15) is 41.5 Å². The van der Waals surface area contributed by atoms with E-state index in [9.17, 15) is 18.0 Å². The van der Waals surface area contributed by atoms with Crippen LogP contribution in [0.25, 0.3) is 0 Å². The zero-order valence-corrected chi connectivity index (χ0v) is 13.7. The van der Waals surface area contributed by atoms with Crippen molar-refractivity contribution in [2.24, 2.45) is 5.41 Å². The third-order valence-electron chi connectivity index (χ3n) is 3.55. The predicted octanol–water partition coefficient (Wildman–Crippen LogP) is 1.87. The van der Waals surface area contributed by atoms with Crippen molar-refractivity contribution in [1.82, 2.24) is 0 Å². The fraction of sp³-hybridized carbons (Fsp3) is 0.467. The van der Waals surface area contributed by atoms with E-state index < -0.39 is 21.2 Å². The number of carbonyl (C=O) groups is 2. The second kappa shape index (κ2) is 5.39. The number of benzene rings is 1. The van der Waals surface area contributed by atoms with Crippen LogP contribution >= 0.6 is 0 Å². The first kappa shape index (κ1) is 16.5. The van der Waals surface area contributed by atoms with Crippen molar-refractivity contribution < 1.29 is 27.5 Å². The summed E-state index contributed by atoms with van der Waals surface area (Å²) in [6.07, 6.45) is 0. The third kappa shape index (κ3) is 2.49. The molecule has 1 aromatic rings. The van der Waals surface area contributed by atoms with E-state index in [1.807, 2.05) is 0 Å². The lowest BCUT2D eigenvalue weighted by atomic mass is 9.84. The van der Waals surface area contributed by atoms with Gasteiger partial charge in [-0.2, -0.15) is 0 Å². The summed E-state index contributed by atoms with van der Waals surface area (Å²) < 4.78 is 34.9. The van der Waals surface area contributed by atoms with Crippen molar-refractivity contribution in [2.45, 2.75) is 25.7 Å². The van der Waals surface area contributed by atoms with Gasteiger partial charge in [-0.15, -0.1) is 0 Å². The van der Waals surface area contributed by atoms with Crippen LogP contribution in [0.2, 0.25) is 0 Å². The third-order valence-corrected chi connectivity index (χ3v) is 5.66. The minimum atomic E-state index is -3.62. The molecular formula is C15H18O6S. The Morgan fingerprint density at radius 3 is 2.50 bits per heavy atom. The lowest BCUT2D eigenvalue weighted by Crippen LogP contribution is -2.39. The van der Waals surface area contributed by atoms with Crippen LogP contribution in [0.15, 0.2) is 17.0 Å². The number of esters is 1. The van der Waals surface area contributed by atoms with Crippen molar-refractivity contribution in [3.8, 4) is 5.75 Å². The second-order valence-corrected chi connectivity index (χ2v) is 7.67. The number of hydrogen-bond acceptors (Lipinski definition) is 6. The molecule has 0 amide bonds. The van der Waals surface area contributed by atoms with Gasteiger partial charge in [0, 0.05) is 5.41 Å². The molecule has 120 valence electrons. The van der Waals surface area contributed by atoms with Gasteiger partial charge in [0.05, 0.1) is 29.9 Å². The predicted molar refractivity (Wildman–Crippen MR) is 79.1 cm³/mol. The van der Waals surface area contributed by atoms with Gasteiger partial charge in [-0.1, -0.05) is 13.8 Å². The maximum absolute atomic E-state index is 12.6. The Morgan fingerprint density at radius 2 is 1.95 bits per heavy atom. The van der Waals surface area contributed by atoms with Gasteiger partial charge in [-0.05, 0) is 19.1 Å². The van der Waals surface area contributed by atoms with Crippen molar-refractivity contribution in [3.63, 3.8) is 0 Å². The Labute approximate surface area is 129 Å². The Kier molecular flexibility index (Phi) is 4.04. The molecule has 0 unspecified atom stereocenters. The summed E-state index contributed by atoms with van der Waals surface area (Å²) in [6, 6.07) is 2.59. The van der Waals surface area contributed by atoms with Crippen LogP contribution in [-0.2, 0) is 14.6 Å². The molecule has 0 aliphatic carbocycles. The van der Waals surface area contributed by atoms with E-state index in [0.717, 1.165) is 0 Å². The molecule has 0 bridgehead atoms. The molecule has 0 radical (unpaired) electrons. The number of ether oxygens (including phenoxy) is 2. The van der Waals surface area contributed by atoms with E-state index >= 15 is 0 Å². The standard InChI is InChI=1S/C15H18O6S/c1-5-21-14(17)9-6-7-10-11(12(9)20-4)13(16)15(2,3)8-22(10,18)19/h6-7H,5,8H2,1-4H3. The van der Waals surface area contributed by atoms with Crippen molar-refractivity contribution in [1.29, 1.82) is 0 Å². The molecule has 1 aliphatic heterocycles. The summed E-state index contributed by atoms with van der Waals surface area (Å²) in [5.41, 5.74) is -1.10. The molecule has 0 fully saturated rings. The fourth-order valence-electron chi connectivity index (χ4n) is 2.58. The molecule has 0 saturated carbocycles. The van der Waals surface area contributed by atoms with E-state index in [2.05, 4.69) is 0 Å². The Morgan fingerprint density at radius 1 is 1.32 bits per heavy atom. The summed E-state index contributed by atoms with van der Waals surface area (Å²) in [5.74, 6) is -1.33. The SMILES string of the molecule is CCOC(=O)c1ccc2c(c1OC)C(=O)C(C)(C)CS2(=O)=O. The van der Waals surface area contributed by atoms with Crippen LogP contribution < -0.4 is 4.74 Å². The van der Waals surface area contributed by atoms with Gasteiger partial charge in [-0.25, -0.2) is 13.2 Å². The first-order valence-corrected chi connectivity index (χ1v) is 8.46. The van der Waals surface area contributed by atoms with Crippen LogP contribution in [0.3, 0.4) is 0 Å². The highest BCUT2D eigenvalue weighted by Gasteiger charge is 2.45. The number of carbonyl (C=O) groups excluding carboxylic acids is 2. The zero-order chi connectivity index (χ0) is 16.7. The number of Topliss-reactive ketones (excluding diaryl/α,β-unsaturated/α-hetero) is 1. The molecule has 7 heteroatoms. The first-order chi connectivity index (χ1) is 10.2. The summed E-state index contributed by atoms with van der Waals surface area (Å²) in [5, 5.41) is 0. The molecule has 0 atom stereocenters. The minimum absolute atomic E-state index is 0.0442. The molecule has 6 nitrogen and oxygen atoms in total. The zero-order valence-electron chi connectivity index (χ0n) is 12.9. The lowest BCUT2D eigenvalue weighted by molar-refractivity contribution is 0.0522. The normalized spacial score (nSPS) is 18.5. The first-order valence-electron chi connectivity index (χ1n) is 6.81. The number of ketones is 1. The molecule has 2 rings (SSSR count). The van der Waals surface area contributed by atoms with Gasteiger partial charge in [-0.3, -0.25) is 4.79 Å². The largest absolute Gasteiger partial charge is 0.495 e. The van der Waals surface area contributed by atoms with E-state index in [0.29, 0.717) is 0 Å². The van der Waals surface area contributed by atoms with E-state index in [1.54, 1.807) is 20.8 Å². The van der Waals surface area contributed by atoms with Crippen molar-refractivity contribution >= 4 is 21.6 Å². The Balaban J connectivity index is 2.79. The number of fused-ring (bicyclic) bond motifs is 1. The maximum atomic E-state index is 12.6. The van der Waals surface area contributed by atoms with Gasteiger partial charge < -0.3 is 9.47 Å². The van der Waals surface area contributed by atoms with Crippen molar-refractivity contribution in [2.75, 3.05) is 19.5 Å². The van der Waals surface area contributed by atoms with E-state index in [1.165, 1.54) is 19.2 Å². The molecule has 1 heterocycles. The minimum Gasteiger partial charge on any atom is -0.495 e. The van der Waals surface area contributed by atoms with Gasteiger partial charge in [0.25, 0.3) is 0 Å². The molecule has 22 heavy (non-hydrogen) atoms. The van der Waals surface area contributed by atoms with Crippen molar-refractivity contribution in [3.05, 3.63) is 23.3 Å². The Hall–Kier alpha value is -1.89. The molecule has 1 aliphatic rings. The van der Waals surface area contributed by atoms with Crippen LogP contribution in [0.5, 0.6) is 5.75 Å². The average molecular weight is 326 g/mol. The molecule has 0 saturated heterocycles. The van der Waals surface area contributed by atoms with E-state index in [-0.39, 0.29) is 39.9 Å². The highest BCUT2D eigenvalue weighted by molar-refractivity contribution is 7.91. The Bertz CT molecular complexity index is 746. The topological polar surface area (TPSA) is 86.7 Å². The maximum Gasteiger partial charge on any atom is 0.341 e. The highest BCUT2D eigenvalue weighted by atomic mass is 32.2. The molecule has 1 aromatic carbocycles. The number of rotatable bonds is 3. The summed E-state index contributed by atoms with van der Waals surface area (Å²) in [4.78, 5) is 24.5. The molecule has 0 aromatic heterocycles. The van der Waals surface area contributed by atoms with Gasteiger partial charge >= 0.3 is 5.97 Å². The lowest BCUT2D eigenvalue weighted by Gasteiger charge is -2.30. The van der Waals surface area contributed by atoms with Gasteiger partial charge in [0.2, 0.25) is 0 Å². The fourth-order valence-corrected chi connectivity index (χ4v) is 4.59.